The summed E-state index contributed by atoms with van der Waals surface area (Å²) in [5.74, 6) is 0.456. The van der Waals surface area contributed by atoms with Gasteiger partial charge >= 0.3 is 6.03 Å². The summed E-state index contributed by atoms with van der Waals surface area (Å²) in [7, 11) is 0. The molecular weight excluding hydrogens is 326 g/mol. The van der Waals surface area contributed by atoms with Gasteiger partial charge < -0.3 is 21.5 Å². The van der Waals surface area contributed by atoms with Crippen LogP contribution in [0, 0.1) is 0 Å². The average molecular weight is 360 g/mol. The SMILES string of the molecule is CCCCNC(=O)NC1CCc2cc([C@H]3CC[C@](N)(CO)C3)ccc2C1. The Hall–Kier alpha value is -1.59. The van der Waals surface area contributed by atoms with Crippen molar-refractivity contribution >= 4 is 6.03 Å². The Morgan fingerprint density at radius 1 is 1.35 bits per heavy atom. The third-order valence-corrected chi connectivity index (χ3v) is 6.04. The lowest BCUT2D eigenvalue weighted by Crippen LogP contribution is -2.44. The predicted octanol–water partition coefficient (Wildman–Crippen LogP) is 2.60. The molecule has 2 amide bonds. The molecule has 0 radical (unpaired) electrons. The molecule has 0 bridgehead atoms. The highest BCUT2D eigenvalue weighted by molar-refractivity contribution is 5.74. The Morgan fingerprint density at radius 3 is 2.92 bits per heavy atom. The maximum Gasteiger partial charge on any atom is 0.315 e. The molecule has 3 atom stereocenters. The second-order valence-corrected chi connectivity index (χ2v) is 8.18. The molecule has 5 N–H and O–H groups in total. The second kappa shape index (κ2) is 8.40. The van der Waals surface area contributed by atoms with E-state index in [-0.39, 0.29) is 18.7 Å². The summed E-state index contributed by atoms with van der Waals surface area (Å²) in [6, 6.07) is 6.95. The molecule has 0 saturated heterocycles. The molecule has 2 aliphatic rings. The van der Waals surface area contributed by atoms with Gasteiger partial charge in [0.1, 0.15) is 0 Å². The van der Waals surface area contributed by atoms with Crippen molar-refractivity contribution in [2.24, 2.45) is 5.73 Å². The van der Waals surface area contributed by atoms with Crippen molar-refractivity contribution in [1.82, 2.24) is 10.6 Å². The summed E-state index contributed by atoms with van der Waals surface area (Å²) in [6.07, 6.45) is 7.81. The monoisotopic (exact) mass is 359 g/mol. The highest BCUT2D eigenvalue weighted by atomic mass is 16.3. The van der Waals surface area contributed by atoms with Crippen molar-refractivity contribution in [1.29, 1.82) is 0 Å². The summed E-state index contributed by atoms with van der Waals surface area (Å²) in [5.41, 5.74) is 9.94. The molecule has 5 nitrogen and oxygen atoms in total. The van der Waals surface area contributed by atoms with Gasteiger partial charge in [-0.3, -0.25) is 0 Å². The van der Waals surface area contributed by atoms with E-state index in [2.05, 4.69) is 35.8 Å². The van der Waals surface area contributed by atoms with E-state index in [1.54, 1.807) is 0 Å². The lowest BCUT2D eigenvalue weighted by Gasteiger charge is -2.27. The Balaban J connectivity index is 1.57. The Bertz CT molecular complexity index is 634. The minimum Gasteiger partial charge on any atom is -0.394 e. The van der Waals surface area contributed by atoms with Crippen LogP contribution < -0.4 is 16.4 Å². The number of aliphatic hydroxyl groups excluding tert-OH is 1. The molecular formula is C21H33N3O2. The molecule has 1 fully saturated rings. The third kappa shape index (κ3) is 4.57. The number of hydrogen-bond acceptors (Lipinski definition) is 3. The number of carbonyl (C=O) groups is 1. The third-order valence-electron chi connectivity index (χ3n) is 6.04. The van der Waals surface area contributed by atoms with Gasteiger partial charge in [0, 0.05) is 18.1 Å². The van der Waals surface area contributed by atoms with Gasteiger partial charge in [-0.1, -0.05) is 31.5 Å². The number of rotatable bonds is 6. The van der Waals surface area contributed by atoms with E-state index in [0.717, 1.165) is 57.9 Å². The van der Waals surface area contributed by atoms with Crippen molar-refractivity contribution in [2.75, 3.05) is 13.2 Å². The molecule has 26 heavy (non-hydrogen) atoms. The first-order valence-corrected chi connectivity index (χ1v) is 10.1. The molecule has 0 spiro atoms. The zero-order valence-electron chi connectivity index (χ0n) is 15.9. The van der Waals surface area contributed by atoms with E-state index in [9.17, 15) is 9.90 Å². The van der Waals surface area contributed by atoms with E-state index in [0.29, 0.717) is 5.92 Å². The maximum atomic E-state index is 12.0. The Labute approximate surface area is 156 Å². The zero-order chi connectivity index (χ0) is 18.6. The van der Waals surface area contributed by atoms with Crippen LogP contribution in [-0.2, 0) is 12.8 Å². The number of aliphatic hydroxyl groups is 1. The molecule has 1 unspecified atom stereocenters. The molecule has 0 aliphatic heterocycles. The number of fused-ring (bicyclic) bond motifs is 1. The van der Waals surface area contributed by atoms with Gasteiger partial charge in [-0.05, 0) is 67.6 Å². The second-order valence-electron chi connectivity index (χ2n) is 8.18. The largest absolute Gasteiger partial charge is 0.394 e. The van der Waals surface area contributed by atoms with Gasteiger partial charge in [0.2, 0.25) is 0 Å². The van der Waals surface area contributed by atoms with E-state index in [1.807, 2.05) is 0 Å². The first-order valence-electron chi connectivity index (χ1n) is 10.1. The summed E-state index contributed by atoms with van der Waals surface area (Å²) < 4.78 is 0. The predicted molar refractivity (Wildman–Crippen MR) is 104 cm³/mol. The van der Waals surface area contributed by atoms with Gasteiger partial charge in [0.15, 0.2) is 0 Å². The van der Waals surface area contributed by atoms with Crippen LogP contribution in [0.4, 0.5) is 4.79 Å². The number of urea groups is 1. The first-order chi connectivity index (χ1) is 12.5. The Morgan fingerprint density at radius 2 is 2.19 bits per heavy atom. The maximum absolute atomic E-state index is 12.0. The average Bonchev–Trinajstić information content (AvgIpc) is 3.04. The van der Waals surface area contributed by atoms with Crippen LogP contribution in [0.1, 0.15) is 68.1 Å². The van der Waals surface area contributed by atoms with Gasteiger partial charge in [0.05, 0.1) is 6.61 Å². The number of carbonyl (C=O) groups excluding carboxylic acids is 1. The lowest BCUT2D eigenvalue weighted by molar-refractivity contribution is 0.198. The first kappa shape index (κ1) is 19.2. The molecule has 1 aromatic rings. The normalized spacial score (nSPS) is 27.8. The van der Waals surface area contributed by atoms with Crippen LogP contribution in [0.5, 0.6) is 0 Å². The number of nitrogens with two attached hydrogens (primary N) is 1. The molecule has 2 aliphatic carbocycles. The van der Waals surface area contributed by atoms with Gasteiger partial charge in [-0.25, -0.2) is 4.79 Å². The number of unbranched alkanes of at least 4 members (excludes halogenated alkanes) is 1. The minimum absolute atomic E-state index is 0.0437. The van der Waals surface area contributed by atoms with Crippen molar-refractivity contribution < 1.29 is 9.90 Å². The lowest BCUT2D eigenvalue weighted by atomic mass is 9.84. The Kier molecular flexibility index (Phi) is 6.20. The van der Waals surface area contributed by atoms with Crippen LogP contribution in [0.3, 0.4) is 0 Å². The smallest absolute Gasteiger partial charge is 0.315 e. The minimum atomic E-state index is -0.402. The topological polar surface area (TPSA) is 87.4 Å². The summed E-state index contributed by atoms with van der Waals surface area (Å²) in [4.78, 5) is 12.0. The number of benzene rings is 1. The molecule has 0 aromatic heterocycles. The molecule has 144 valence electrons. The molecule has 1 aromatic carbocycles. The standard InChI is InChI=1S/C21H33N3O2/c1-2-3-10-23-20(26)24-19-7-6-15-11-16(4-5-17(15)12-19)18-8-9-21(22,13-18)14-25/h4-5,11,18-19,25H,2-3,6-10,12-14,22H2,1H3,(H2,23,24,26)/t18-,19?,21+/m0/s1. The van der Waals surface area contributed by atoms with Crippen LogP contribution >= 0.6 is 0 Å². The van der Waals surface area contributed by atoms with Crippen LogP contribution in [0.15, 0.2) is 18.2 Å². The van der Waals surface area contributed by atoms with Crippen molar-refractivity contribution in [3.8, 4) is 0 Å². The van der Waals surface area contributed by atoms with Gasteiger partial charge in [-0.2, -0.15) is 0 Å². The fourth-order valence-corrected chi connectivity index (χ4v) is 4.35. The number of nitrogens with one attached hydrogen (secondary N) is 2. The van der Waals surface area contributed by atoms with Crippen LogP contribution in [0.25, 0.3) is 0 Å². The number of amides is 2. The molecule has 0 heterocycles. The quantitative estimate of drug-likeness (QED) is 0.589. The van der Waals surface area contributed by atoms with E-state index in [1.165, 1.54) is 16.7 Å². The number of hydrogen-bond donors (Lipinski definition) is 4. The highest BCUT2D eigenvalue weighted by Crippen LogP contribution is 2.40. The number of aryl methyl sites for hydroxylation is 1. The van der Waals surface area contributed by atoms with Crippen LogP contribution in [0.2, 0.25) is 0 Å². The zero-order valence-corrected chi connectivity index (χ0v) is 15.9. The van der Waals surface area contributed by atoms with Crippen LogP contribution in [-0.4, -0.2) is 35.9 Å². The van der Waals surface area contributed by atoms with Gasteiger partial charge in [0.25, 0.3) is 0 Å². The van der Waals surface area contributed by atoms with Crippen molar-refractivity contribution in [2.45, 2.75) is 75.8 Å². The summed E-state index contributed by atoms with van der Waals surface area (Å²) >= 11 is 0. The molecule has 3 rings (SSSR count). The van der Waals surface area contributed by atoms with Gasteiger partial charge in [-0.15, -0.1) is 0 Å². The van der Waals surface area contributed by atoms with E-state index in [4.69, 9.17) is 5.73 Å². The molecule has 1 saturated carbocycles. The summed E-state index contributed by atoms with van der Waals surface area (Å²) in [5, 5.41) is 15.5. The van der Waals surface area contributed by atoms with E-state index >= 15 is 0 Å². The van der Waals surface area contributed by atoms with Crippen molar-refractivity contribution in [3.63, 3.8) is 0 Å². The van der Waals surface area contributed by atoms with E-state index < -0.39 is 5.54 Å². The fourth-order valence-electron chi connectivity index (χ4n) is 4.35. The summed E-state index contributed by atoms with van der Waals surface area (Å²) in [6.45, 7) is 2.93. The fraction of sp³-hybridized carbons (Fsp3) is 0.667. The van der Waals surface area contributed by atoms with Crippen molar-refractivity contribution in [3.05, 3.63) is 34.9 Å². The highest BCUT2D eigenvalue weighted by Gasteiger charge is 2.36. The molecule has 5 heteroatoms.